The van der Waals surface area contributed by atoms with Crippen LogP contribution in [0.25, 0.3) is 0 Å². The number of carbonyl (C=O) groups is 1. The highest BCUT2D eigenvalue weighted by molar-refractivity contribution is 5.86. The predicted octanol–water partition coefficient (Wildman–Crippen LogP) is 1.23. The molecule has 3 nitrogen and oxygen atoms in total. The van der Waals surface area contributed by atoms with Crippen molar-refractivity contribution < 1.29 is 9.53 Å². The summed E-state index contributed by atoms with van der Waals surface area (Å²) in [6, 6.07) is -0.0432. The van der Waals surface area contributed by atoms with Crippen molar-refractivity contribution in [3.05, 3.63) is 12.2 Å². The van der Waals surface area contributed by atoms with Crippen molar-refractivity contribution in [1.82, 2.24) is 0 Å². The van der Waals surface area contributed by atoms with Crippen LogP contribution >= 0.6 is 0 Å². The van der Waals surface area contributed by atoms with Gasteiger partial charge in [-0.05, 0) is 13.3 Å². The van der Waals surface area contributed by atoms with E-state index in [1.165, 1.54) is 0 Å². The Bertz CT molecular complexity index is 166. The molecule has 0 aliphatic carbocycles. The van der Waals surface area contributed by atoms with Gasteiger partial charge in [-0.15, -0.1) is 0 Å². The standard InChI is InChI=1S/C9H17NO2/c1-4-5-8(10)6-12-9(11)7(2)3/h8H,2,4-6,10H2,1,3H3. The topological polar surface area (TPSA) is 52.3 Å². The van der Waals surface area contributed by atoms with Crippen LogP contribution in [0.4, 0.5) is 0 Å². The fourth-order valence-corrected chi connectivity index (χ4v) is 0.760. The fraction of sp³-hybridized carbons (Fsp3) is 0.667. The maximum Gasteiger partial charge on any atom is 0.333 e. The van der Waals surface area contributed by atoms with Crippen molar-refractivity contribution in [2.45, 2.75) is 32.7 Å². The summed E-state index contributed by atoms with van der Waals surface area (Å²) >= 11 is 0. The van der Waals surface area contributed by atoms with Gasteiger partial charge in [-0.25, -0.2) is 4.79 Å². The SMILES string of the molecule is C=C(C)C(=O)OCC(N)CCC. The summed E-state index contributed by atoms with van der Waals surface area (Å²) in [6.45, 7) is 7.42. The van der Waals surface area contributed by atoms with E-state index in [2.05, 4.69) is 6.58 Å². The first-order valence-corrected chi connectivity index (χ1v) is 4.16. The second-order valence-electron chi connectivity index (χ2n) is 2.93. The molecular formula is C9H17NO2. The van der Waals surface area contributed by atoms with E-state index in [0.29, 0.717) is 12.2 Å². The van der Waals surface area contributed by atoms with Crippen molar-refractivity contribution >= 4 is 5.97 Å². The molecule has 0 aromatic heterocycles. The third kappa shape index (κ3) is 4.91. The first-order chi connectivity index (χ1) is 5.57. The van der Waals surface area contributed by atoms with Crippen LogP contribution in [0.3, 0.4) is 0 Å². The molecule has 1 atom stereocenters. The third-order valence-electron chi connectivity index (χ3n) is 1.44. The maximum atomic E-state index is 10.9. The van der Waals surface area contributed by atoms with Gasteiger partial charge in [0.25, 0.3) is 0 Å². The van der Waals surface area contributed by atoms with Crippen LogP contribution in [0.5, 0.6) is 0 Å². The lowest BCUT2D eigenvalue weighted by Crippen LogP contribution is -2.27. The molecule has 0 amide bonds. The van der Waals surface area contributed by atoms with Crippen LogP contribution in [0, 0.1) is 0 Å². The van der Waals surface area contributed by atoms with Gasteiger partial charge in [0.05, 0.1) is 0 Å². The average Bonchev–Trinajstić information content (AvgIpc) is 2.00. The van der Waals surface area contributed by atoms with E-state index in [1.54, 1.807) is 6.92 Å². The van der Waals surface area contributed by atoms with Gasteiger partial charge < -0.3 is 10.5 Å². The van der Waals surface area contributed by atoms with Crippen molar-refractivity contribution in [3.63, 3.8) is 0 Å². The minimum absolute atomic E-state index is 0.0432. The Morgan fingerprint density at radius 3 is 2.67 bits per heavy atom. The lowest BCUT2D eigenvalue weighted by atomic mass is 10.2. The van der Waals surface area contributed by atoms with E-state index in [0.717, 1.165) is 12.8 Å². The summed E-state index contributed by atoms with van der Waals surface area (Å²) in [5.41, 5.74) is 6.04. The van der Waals surface area contributed by atoms with Crippen molar-refractivity contribution in [3.8, 4) is 0 Å². The molecule has 0 rings (SSSR count). The normalized spacial score (nSPS) is 12.2. The van der Waals surface area contributed by atoms with Crippen LogP contribution in [-0.4, -0.2) is 18.6 Å². The van der Waals surface area contributed by atoms with Gasteiger partial charge in [0, 0.05) is 11.6 Å². The van der Waals surface area contributed by atoms with Gasteiger partial charge in [0.2, 0.25) is 0 Å². The molecule has 3 heteroatoms. The highest BCUT2D eigenvalue weighted by Gasteiger charge is 2.06. The number of nitrogens with two attached hydrogens (primary N) is 1. The zero-order valence-electron chi connectivity index (χ0n) is 7.80. The summed E-state index contributed by atoms with van der Waals surface area (Å²) in [7, 11) is 0. The van der Waals surface area contributed by atoms with Crippen molar-refractivity contribution in [2.24, 2.45) is 5.73 Å². The van der Waals surface area contributed by atoms with E-state index in [-0.39, 0.29) is 12.0 Å². The van der Waals surface area contributed by atoms with Crippen LogP contribution in [-0.2, 0) is 9.53 Å². The zero-order valence-corrected chi connectivity index (χ0v) is 7.80. The van der Waals surface area contributed by atoms with Gasteiger partial charge in [-0.2, -0.15) is 0 Å². The monoisotopic (exact) mass is 171 g/mol. The highest BCUT2D eigenvalue weighted by atomic mass is 16.5. The van der Waals surface area contributed by atoms with Gasteiger partial charge in [0.1, 0.15) is 6.61 Å². The number of esters is 1. The van der Waals surface area contributed by atoms with Gasteiger partial charge in [-0.3, -0.25) is 0 Å². The Morgan fingerprint density at radius 1 is 1.67 bits per heavy atom. The number of ether oxygens (including phenoxy) is 1. The highest BCUT2D eigenvalue weighted by Crippen LogP contribution is 1.97. The largest absolute Gasteiger partial charge is 0.461 e. The molecular weight excluding hydrogens is 154 g/mol. The molecule has 0 heterocycles. The first kappa shape index (κ1) is 11.2. The van der Waals surface area contributed by atoms with E-state index in [9.17, 15) is 4.79 Å². The molecule has 0 spiro atoms. The molecule has 0 aromatic rings. The second kappa shape index (κ2) is 5.77. The van der Waals surface area contributed by atoms with Crippen molar-refractivity contribution in [2.75, 3.05) is 6.61 Å². The van der Waals surface area contributed by atoms with E-state index in [4.69, 9.17) is 10.5 Å². The Morgan fingerprint density at radius 2 is 2.25 bits per heavy atom. The van der Waals surface area contributed by atoms with E-state index >= 15 is 0 Å². The third-order valence-corrected chi connectivity index (χ3v) is 1.44. The fourth-order valence-electron chi connectivity index (χ4n) is 0.760. The summed E-state index contributed by atoms with van der Waals surface area (Å²) < 4.78 is 4.85. The number of carbonyl (C=O) groups excluding carboxylic acids is 1. The molecule has 12 heavy (non-hydrogen) atoms. The summed E-state index contributed by atoms with van der Waals surface area (Å²) in [6.07, 6.45) is 1.88. The predicted molar refractivity (Wildman–Crippen MR) is 48.7 cm³/mol. The van der Waals surface area contributed by atoms with Gasteiger partial charge in [-0.1, -0.05) is 19.9 Å². The second-order valence-corrected chi connectivity index (χ2v) is 2.93. The minimum atomic E-state index is -0.360. The molecule has 2 N–H and O–H groups in total. The quantitative estimate of drug-likeness (QED) is 0.500. The molecule has 0 radical (unpaired) electrons. The van der Waals surface area contributed by atoms with Crippen LogP contribution in [0.15, 0.2) is 12.2 Å². The van der Waals surface area contributed by atoms with Crippen LogP contribution < -0.4 is 5.73 Å². The molecule has 0 aliphatic heterocycles. The van der Waals surface area contributed by atoms with Crippen LogP contribution in [0.1, 0.15) is 26.7 Å². The lowest BCUT2D eigenvalue weighted by molar-refractivity contribution is -0.139. The summed E-state index contributed by atoms with van der Waals surface area (Å²) in [5, 5.41) is 0. The number of hydrogen-bond donors (Lipinski definition) is 1. The molecule has 0 saturated heterocycles. The van der Waals surface area contributed by atoms with E-state index < -0.39 is 0 Å². The molecule has 0 aliphatic rings. The maximum absolute atomic E-state index is 10.9. The van der Waals surface area contributed by atoms with Gasteiger partial charge in [0.15, 0.2) is 0 Å². The molecule has 70 valence electrons. The lowest BCUT2D eigenvalue weighted by Gasteiger charge is -2.10. The molecule has 0 bridgehead atoms. The Kier molecular flexibility index (Phi) is 5.37. The minimum Gasteiger partial charge on any atom is -0.461 e. The number of rotatable bonds is 5. The number of hydrogen-bond acceptors (Lipinski definition) is 3. The Hall–Kier alpha value is -0.830. The first-order valence-electron chi connectivity index (χ1n) is 4.16. The zero-order chi connectivity index (χ0) is 9.56. The van der Waals surface area contributed by atoms with Crippen LogP contribution in [0.2, 0.25) is 0 Å². The molecule has 0 saturated carbocycles. The smallest absolute Gasteiger partial charge is 0.333 e. The molecule has 1 unspecified atom stereocenters. The average molecular weight is 171 g/mol. The van der Waals surface area contributed by atoms with Crippen molar-refractivity contribution in [1.29, 1.82) is 0 Å². The van der Waals surface area contributed by atoms with E-state index in [1.807, 2.05) is 6.92 Å². The summed E-state index contributed by atoms with van der Waals surface area (Å²) in [5.74, 6) is -0.360. The summed E-state index contributed by atoms with van der Waals surface area (Å²) in [4.78, 5) is 10.9. The molecule has 0 aromatic carbocycles. The Balaban J connectivity index is 3.54. The Labute approximate surface area is 73.6 Å². The van der Waals surface area contributed by atoms with Gasteiger partial charge >= 0.3 is 5.97 Å². The molecule has 0 fully saturated rings.